The maximum atomic E-state index is 11.9. The Hall–Kier alpha value is -2.99. The molecule has 0 atom stereocenters. The molecule has 0 saturated carbocycles. The highest BCUT2D eigenvalue weighted by Crippen LogP contribution is 2.36. The lowest BCUT2D eigenvalue weighted by Crippen LogP contribution is -2.11. The summed E-state index contributed by atoms with van der Waals surface area (Å²) in [4.78, 5) is 23.0. The number of halogens is 1. The zero-order chi connectivity index (χ0) is 19.1. The molecule has 0 saturated heterocycles. The Balaban J connectivity index is 2.02. The Bertz CT molecular complexity index is 848. The van der Waals surface area contributed by atoms with Crippen LogP contribution in [-0.4, -0.2) is 26.1 Å². The number of rotatable bonds is 7. The van der Waals surface area contributed by atoms with Gasteiger partial charge < -0.3 is 19.9 Å². The summed E-state index contributed by atoms with van der Waals surface area (Å²) in [6, 6.07) is 9.90. The number of methoxy groups -OCH3 is 2. The number of amides is 1. The van der Waals surface area contributed by atoms with E-state index < -0.39 is 11.9 Å². The lowest BCUT2D eigenvalue weighted by molar-refractivity contribution is -0.138. The van der Waals surface area contributed by atoms with E-state index in [9.17, 15) is 9.59 Å². The average molecular weight is 376 g/mol. The molecule has 0 heterocycles. The van der Waals surface area contributed by atoms with E-state index in [4.69, 9.17) is 31.5 Å². The topological polar surface area (TPSA) is 87.9 Å². The molecule has 0 aliphatic rings. The summed E-state index contributed by atoms with van der Waals surface area (Å²) >= 11 is 6.12. The van der Waals surface area contributed by atoms with Crippen LogP contribution in [0.15, 0.2) is 42.5 Å². The first-order valence-corrected chi connectivity index (χ1v) is 7.97. The number of carbonyl (C=O) groups is 2. The number of carbonyl (C=O) groups excluding carboxylic acids is 2. The van der Waals surface area contributed by atoms with Gasteiger partial charge in [0.2, 0.25) is 5.91 Å². The van der Waals surface area contributed by atoms with Crippen LogP contribution in [0.4, 0.5) is 0 Å². The summed E-state index contributed by atoms with van der Waals surface area (Å²) in [6.45, 7) is 0.0248. The SMILES string of the molecule is COc1cc(/C=C/C(=O)OCc2cccc(C(N)=O)c2)cc(Cl)c1OC. The summed E-state index contributed by atoms with van der Waals surface area (Å²) in [6.07, 6.45) is 2.82. The van der Waals surface area contributed by atoms with Crippen LogP contribution >= 0.6 is 11.6 Å². The largest absolute Gasteiger partial charge is 0.493 e. The molecule has 0 aliphatic carbocycles. The number of benzene rings is 2. The molecule has 0 aromatic heterocycles. The lowest BCUT2D eigenvalue weighted by Gasteiger charge is -2.10. The van der Waals surface area contributed by atoms with Gasteiger partial charge in [0.25, 0.3) is 0 Å². The van der Waals surface area contributed by atoms with Crippen LogP contribution in [0.1, 0.15) is 21.5 Å². The molecule has 26 heavy (non-hydrogen) atoms. The zero-order valence-electron chi connectivity index (χ0n) is 14.3. The second-order valence-electron chi connectivity index (χ2n) is 5.24. The molecule has 136 valence electrons. The standard InChI is InChI=1S/C19H18ClNO5/c1-24-16-10-12(9-15(20)18(16)25-2)6-7-17(22)26-11-13-4-3-5-14(8-13)19(21)23/h3-10H,11H2,1-2H3,(H2,21,23)/b7-6+. The Morgan fingerprint density at radius 1 is 1.15 bits per heavy atom. The van der Waals surface area contributed by atoms with Gasteiger partial charge in [0.1, 0.15) is 6.61 Å². The van der Waals surface area contributed by atoms with E-state index in [-0.39, 0.29) is 6.61 Å². The highest BCUT2D eigenvalue weighted by Gasteiger charge is 2.10. The van der Waals surface area contributed by atoms with Crippen LogP contribution < -0.4 is 15.2 Å². The fraction of sp³-hybridized carbons (Fsp3) is 0.158. The van der Waals surface area contributed by atoms with Gasteiger partial charge in [0.05, 0.1) is 19.2 Å². The van der Waals surface area contributed by atoms with Crippen molar-refractivity contribution in [3.8, 4) is 11.5 Å². The highest BCUT2D eigenvalue weighted by atomic mass is 35.5. The van der Waals surface area contributed by atoms with Crippen molar-refractivity contribution in [2.75, 3.05) is 14.2 Å². The third-order valence-corrected chi connectivity index (χ3v) is 3.74. The zero-order valence-corrected chi connectivity index (χ0v) is 15.1. The molecular weight excluding hydrogens is 358 g/mol. The fourth-order valence-electron chi connectivity index (χ4n) is 2.22. The number of ether oxygens (including phenoxy) is 3. The van der Waals surface area contributed by atoms with Crippen molar-refractivity contribution in [1.29, 1.82) is 0 Å². The Kier molecular flexibility index (Phi) is 6.63. The van der Waals surface area contributed by atoms with Gasteiger partial charge in [-0.15, -0.1) is 0 Å². The number of nitrogens with two attached hydrogens (primary N) is 1. The van der Waals surface area contributed by atoms with Crippen molar-refractivity contribution in [2.45, 2.75) is 6.61 Å². The first-order valence-electron chi connectivity index (χ1n) is 7.59. The van der Waals surface area contributed by atoms with Gasteiger partial charge in [-0.2, -0.15) is 0 Å². The summed E-state index contributed by atoms with van der Waals surface area (Å²) < 4.78 is 15.5. The predicted molar refractivity (Wildman–Crippen MR) is 98.3 cm³/mol. The molecule has 7 heteroatoms. The second-order valence-corrected chi connectivity index (χ2v) is 5.65. The van der Waals surface area contributed by atoms with Gasteiger partial charge >= 0.3 is 5.97 Å². The van der Waals surface area contributed by atoms with Gasteiger partial charge in [0, 0.05) is 11.6 Å². The van der Waals surface area contributed by atoms with Crippen molar-refractivity contribution in [1.82, 2.24) is 0 Å². The highest BCUT2D eigenvalue weighted by molar-refractivity contribution is 6.32. The monoisotopic (exact) mass is 375 g/mol. The van der Waals surface area contributed by atoms with Gasteiger partial charge in [-0.25, -0.2) is 4.79 Å². The number of primary amides is 1. The first kappa shape index (κ1) is 19.3. The summed E-state index contributed by atoms with van der Waals surface area (Å²) in [5.41, 5.74) is 6.89. The molecule has 2 rings (SSSR count). The average Bonchev–Trinajstić information content (AvgIpc) is 2.64. The number of hydrogen-bond donors (Lipinski definition) is 1. The molecule has 1 amide bonds. The van der Waals surface area contributed by atoms with E-state index in [0.29, 0.717) is 33.2 Å². The first-order chi connectivity index (χ1) is 12.4. The Morgan fingerprint density at radius 2 is 1.92 bits per heavy atom. The van der Waals surface area contributed by atoms with Crippen LogP contribution in [0.5, 0.6) is 11.5 Å². The molecule has 0 spiro atoms. The molecule has 2 aromatic rings. The van der Waals surface area contributed by atoms with E-state index in [1.54, 1.807) is 42.5 Å². The molecule has 6 nitrogen and oxygen atoms in total. The molecule has 2 aromatic carbocycles. The molecule has 0 aliphatic heterocycles. The van der Waals surface area contributed by atoms with Crippen molar-refractivity contribution in [2.24, 2.45) is 5.73 Å². The van der Waals surface area contributed by atoms with Crippen LogP contribution in [0.25, 0.3) is 6.08 Å². The van der Waals surface area contributed by atoms with Crippen molar-refractivity contribution < 1.29 is 23.8 Å². The van der Waals surface area contributed by atoms with Crippen molar-refractivity contribution in [3.63, 3.8) is 0 Å². The maximum absolute atomic E-state index is 11.9. The molecule has 0 bridgehead atoms. The lowest BCUT2D eigenvalue weighted by atomic mass is 10.1. The van der Waals surface area contributed by atoms with Crippen LogP contribution in [-0.2, 0) is 16.1 Å². The van der Waals surface area contributed by atoms with E-state index in [2.05, 4.69) is 0 Å². The molecule has 2 N–H and O–H groups in total. The third-order valence-electron chi connectivity index (χ3n) is 3.46. The normalized spacial score (nSPS) is 10.6. The van der Waals surface area contributed by atoms with Crippen LogP contribution in [0, 0.1) is 0 Å². The van der Waals surface area contributed by atoms with Crippen LogP contribution in [0.2, 0.25) is 5.02 Å². The van der Waals surface area contributed by atoms with Gasteiger partial charge in [-0.1, -0.05) is 23.7 Å². The van der Waals surface area contributed by atoms with Gasteiger partial charge in [-0.3, -0.25) is 4.79 Å². The minimum absolute atomic E-state index is 0.0248. The number of hydrogen-bond acceptors (Lipinski definition) is 5. The van der Waals surface area contributed by atoms with E-state index in [1.165, 1.54) is 20.3 Å². The van der Waals surface area contributed by atoms with E-state index in [0.717, 1.165) is 0 Å². The fourth-order valence-corrected chi connectivity index (χ4v) is 2.51. The van der Waals surface area contributed by atoms with Crippen molar-refractivity contribution in [3.05, 3.63) is 64.2 Å². The van der Waals surface area contributed by atoms with Gasteiger partial charge in [0.15, 0.2) is 11.5 Å². The van der Waals surface area contributed by atoms with Gasteiger partial charge in [-0.05, 0) is 41.5 Å². The molecule has 0 unspecified atom stereocenters. The van der Waals surface area contributed by atoms with E-state index in [1.807, 2.05) is 0 Å². The molecular formula is C19H18ClNO5. The number of esters is 1. The Morgan fingerprint density at radius 3 is 2.58 bits per heavy atom. The Labute approximate surface area is 156 Å². The minimum atomic E-state index is -0.541. The minimum Gasteiger partial charge on any atom is -0.493 e. The molecule has 0 radical (unpaired) electrons. The smallest absolute Gasteiger partial charge is 0.331 e. The summed E-state index contributed by atoms with van der Waals surface area (Å²) in [7, 11) is 2.99. The maximum Gasteiger partial charge on any atom is 0.331 e. The van der Waals surface area contributed by atoms with Crippen LogP contribution in [0.3, 0.4) is 0 Å². The quantitative estimate of drug-likeness (QED) is 0.593. The molecule has 0 fully saturated rings. The summed E-state index contributed by atoms with van der Waals surface area (Å²) in [5, 5.41) is 0.364. The summed E-state index contributed by atoms with van der Waals surface area (Å²) in [5.74, 6) is -0.205. The van der Waals surface area contributed by atoms with E-state index >= 15 is 0 Å². The third kappa shape index (κ3) is 5.00. The predicted octanol–water partition coefficient (Wildman–Crippen LogP) is 3.21. The second kappa shape index (κ2) is 8.92. The van der Waals surface area contributed by atoms with Crippen molar-refractivity contribution >= 4 is 29.6 Å².